The topological polar surface area (TPSA) is 42.7 Å². The second-order valence-electron chi connectivity index (χ2n) is 4.17. The molecule has 0 aromatic carbocycles. The molecule has 4 heteroatoms. The highest BCUT2D eigenvalue weighted by molar-refractivity contribution is 5.07. The lowest BCUT2D eigenvalue weighted by Crippen LogP contribution is -2.18. The number of hydrogen-bond acceptors (Lipinski definition) is 3. The fraction of sp³-hybridized carbons (Fsp3) is 0.667. The molecule has 0 aliphatic heterocycles. The van der Waals surface area contributed by atoms with E-state index in [9.17, 15) is 0 Å². The summed E-state index contributed by atoms with van der Waals surface area (Å²) in [6, 6.07) is 0. The van der Waals surface area contributed by atoms with Gasteiger partial charge in [0.25, 0.3) is 0 Å². The predicted molar refractivity (Wildman–Crippen MR) is 64.0 cm³/mol. The van der Waals surface area contributed by atoms with Crippen molar-refractivity contribution in [2.45, 2.75) is 45.7 Å². The van der Waals surface area contributed by atoms with Crippen molar-refractivity contribution >= 4 is 0 Å². The Kier molecular flexibility index (Phi) is 4.10. The third kappa shape index (κ3) is 2.92. The van der Waals surface area contributed by atoms with E-state index in [0.29, 0.717) is 0 Å². The number of allylic oxidation sites excluding steroid dienone is 1. The summed E-state index contributed by atoms with van der Waals surface area (Å²) in [6.07, 6.45) is 9.11. The first-order valence-electron chi connectivity index (χ1n) is 6.15. The molecule has 0 unspecified atom stereocenters. The van der Waals surface area contributed by atoms with Crippen LogP contribution >= 0.6 is 0 Å². The fourth-order valence-electron chi connectivity index (χ4n) is 2.10. The van der Waals surface area contributed by atoms with Crippen LogP contribution in [0.15, 0.2) is 18.0 Å². The third-order valence-electron chi connectivity index (χ3n) is 3.04. The average molecular weight is 220 g/mol. The molecule has 1 N–H and O–H groups in total. The zero-order valence-corrected chi connectivity index (χ0v) is 9.95. The summed E-state index contributed by atoms with van der Waals surface area (Å²) in [5.74, 6) is 1.03. The van der Waals surface area contributed by atoms with Crippen molar-refractivity contribution in [1.29, 1.82) is 0 Å². The lowest BCUT2D eigenvalue weighted by atomic mass is 10.2. The van der Waals surface area contributed by atoms with Crippen LogP contribution in [-0.4, -0.2) is 21.3 Å². The quantitative estimate of drug-likeness (QED) is 0.588. The van der Waals surface area contributed by atoms with Gasteiger partial charge in [-0.2, -0.15) is 5.10 Å². The average Bonchev–Trinajstić information content (AvgIpc) is 2.95. The number of rotatable bonds is 6. The van der Waals surface area contributed by atoms with Crippen molar-refractivity contribution in [3.63, 3.8) is 0 Å². The molecule has 1 aromatic heterocycles. The molecule has 1 aliphatic rings. The van der Waals surface area contributed by atoms with Gasteiger partial charge in [0.1, 0.15) is 12.2 Å². The predicted octanol–water partition coefficient (Wildman–Crippen LogP) is 1.89. The molecule has 0 radical (unpaired) electrons. The van der Waals surface area contributed by atoms with Crippen LogP contribution in [0.4, 0.5) is 0 Å². The minimum Gasteiger partial charge on any atom is -0.310 e. The standard InChI is InChI=1S/C12H20N4/c1-2-16-12(14-10-15-16)9-13-8-7-11-5-3-4-6-11/h5,10,13H,2-4,6-9H2,1H3. The molecule has 88 valence electrons. The Bertz CT molecular complexity index is 354. The van der Waals surface area contributed by atoms with Gasteiger partial charge in [0.2, 0.25) is 0 Å². The molecule has 16 heavy (non-hydrogen) atoms. The molecule has 0 saturated heterocycles. The number of nitrogens with zero attached hydrogens (tertiary/aromatic N) is 3. The number of aryl methyl sites for hydroxylation is 1. The largest absolute Gasteiger partial charge is 0.310 e. The SMILES string of the molecule is CCn1ncnc1CNCCC1=CCCC1. The van der Waals surface area contributed by atoms with Crippen LogP contribution in [0.2, 0.25) is 0 Å². The Morgan fingerprint density at radius 1 is 1.50 bits per heavy atom. The molecule has 4 nitrogen and oxygen atoms in total. The van der Waals surface area contributed by atoms with E-state index in [-0.39, 0.29) is 0 Å². The van der Waals surface area contributed by atoms with Gasteiger partial charge in [-0.1, -0.05) is 11.6 Å². The van der Waals surface area contributed by atoms with E-state index in [1.165, 1.54) is 25.7 Å². The zero-order chi connectivity index (χ0) is 11.2. The minimum atomic E-state index is 0.821. The van der Waals surface area contributed by atoms with Crippen LogP contribution in [0.5, 0.6) is 0 Å². The highest BCUT2D eigenvalue weighted by Crippen LogP contribution is 2.19. The molecule has 2 rings (SSSR count). The molecule has 1 aromatic rings. The molecule has 0 spiro atoms. The smallest absolute Gasteiger partial charge is 0.140 e. The van der Waals surface area contributed by atoms with E-state index < -0.39 is 0 Å². The highest BCUT2D eigenvalue weighted by atomic mass is 15.3. The summed E-state index contributed by atoms with van der Waals surface area (Å²) in [6.45, 7) is 4.84. The molecule has 0 bridgehead atoms. The van der Waals surface area contributed by atoms with Crippen LogP contribution < -0.4 is 5.32 Å². The van der Waals surface area contributed by atoms with Gasteiger partial charge in [0.15, 0.2) is 0 Å². The van der Waals surface area contributed by atoms with Gasteiger partial charge in [0, 0.05) is 6.54 Å². The summed E-state index contributed by atoms with van der Waals surface area (Å²) < 4.78 is 1.93. The number of hydrogen-bond donors (Lipinski definition) is 1. The van der Waals surface area contributed by atoms with E-state index in [4.69, 9.17) is 0 Å². The maximum atomic E-state index is 4.23. The van der Waals surface area contributed by atoms with Crippen molar-refractivity contribution < 1.29 is 0 Å². The van der Waals surface area contributed by atoms with Crippen LogP contribution in [0, 0.1) is 0 Å². The van der Waals surface area contributed by atoms with Gasteiger partial charge in [0.05, 0.1) is 6.54 Å². The molecule has 0 amide bonds. The molecule has 1 aliphatic carbocycles. The Balaban J connectivity index is 1.67. The van der Waals surface area contributed by atoms with E-state index >= 15 is 0 Å². The van der Waals surface area contributed by atoms with Gasteiger partial charge < -0.3 is 5.32 Å². The number of aromatic nitrogens is 3. The minimum absolute atomic E-state index is 0.821. The molecule has 1 heterocycles. The van der Waals surface area contributed by atoms with Crippen molar-refractivity contribution in [2.24, 2.45) is 0 Å². The first kappa shape index (κ1) is 11.3. The van der Waals surface area contributed by atoms with Gasteiger partial charge in [-0.25, -0.2) is 9.67 Å². The Hall–Kier alpha value is -1.16. The lowest BCUT2D eigenvalue weighted by Gasteiger charge is -2.05. The van der Waals surface area contributed by atoms with Crippen LogP contribution in [0.3, 0.4) is 0 Å². The molecule has 0 saturated carbocycles. The lowest BCUT2D eigenvalue weighted by molar-refractivity contribution is 0.571. The van der Waals surface area contributed by atoms with Crippen LogP contribution in [0.1, 0.15) is 38.4 Å². The first-order chi connectivity index (χ1) is 7.90. The van der Waals surface area contributed by atoms with E-state index in [1.807, 2.05) is 4.68 Å². The van der Waals surface area contributed by atoms with Crippen LogP contribution in [-0.2, 0) is 13.1 Å². The Labute approximate surface area is 96.8 Å². The summed E-state index contributed by atoms with van der Waals surface area (Å²) in [4.78, 5) is 4.23. The third-order valence-corrected chi connectivity index (χ3v) is 3.04. The second kappa shape index (κ2) is 5.80. The van der Waals surface area contributed by atoms with Gasteiger partial charge in [-0.05, 0) is 39.2 Å². The Morgan fingerprint density at radius 3 is 3.19 bits per heavy atom. The zero-order valence-electron chi connectivity index (χ0n) is 9.95. The second-order valence-corrected chi connectivity index (χ2v) is 4.17. The van der Waals surface area contributed by atoms with Gasteiger partial charge >= 0.3 is 0 Å². The summed E-state index contributed by atoms with van der Waals surface area (Å²) in [5, 5.41) is 7.57. The summed E-state index contributed by atoms with van der Waals surface area (Å²) in [7, 11) is 0. The van der Waals surface area contributed by atoms with Gasteiger partial charge in [-0.3, -0.25) is 0 Å². The van der Waals surface area contributed by atoms with Gasteiger partial charge in [-0.15, -0.1) is 0 Å². The monoisotopic (exact) mass is 220 g/mol. The maximum absolute atomic E-state index is 4.23. The summed E-state index contributed by atoms with van der Waals surface area (Å²) >= 11 is 0. The fourth-order valence-corrected chi connectivity index (χ4v) is 2.10. The normalized spacial score (nSPS) is 15.4. The van der Waals surface area contributed by atoms with E-state index in [2.05, 4.69) is 28.4 Å². The summed E-state index contributed by atoms with van der Waals surface area (Å²) in [5.41, 5.74) is 1.62. The first-order valence-corrected chi connectivity index (χ1v) is 6.15. The molecule has 0 atom stereocenters. The van der Waals surface area contributed by atoms with Crippen molar-refractivity contribution in [3.05, 3.63) is 23.8 Å². The molecule has 0 fully saturated rings. The van der Waals surface area contributed by atoms with Crippen LogP contribution in [0.25, 0.3) is 0 Å². The molecular formula is C12H20N4. The maximum Gasteiger partial charge on any atom is 0.140 e. The van der Waals surface area contributed by atoms with Crippen molar-refractivity contribution in [1.82, 2.24) is 20.1 Å². The van der Waals surface area contributed by atoms with E-state index in [1.54, 1.807) is 11.9 Å². The number of nitrogens with one attached hydrogen (secondary N) is 1. The van der Waals surface area contributed by atoms with E-state index in [0.717, 1.165) is 25.5 Å². The molecular weight excluding hydrogens is 200 g/mol. The highest BCUT2D eigenvalue weighted by Gasteiger charge is 2.04. The van der Waals surface area contributed by atoms with Crippen molar-refractivity contribution in [3.8, 4) is 0 Å². The van der Waals surface area contributed by atoms with Crippen molar-refractivity contribution in [2.75, 3.05) is 6.54 Å². The Morgan fingerprint density at radius 2 is 2.44 bits per heavy atom.